The van der Waals surface area contributed by atoms with E-state index in [4.69, 9.17) is 9.47 Å². The molecule has 0 aliphatic carbocycles. The number of hydrogen-bond acceptors (Lipinski definition) is 5. The Labute approximate surface area is 194 Å². The van der Waals surface area contributed by atoms with Gasteiger partial charge in [-0.2, -0.15) is 0 Å². The lowest BCUT2D eigenvalue weighted by Crippen LogP contribution is -2.48. The monoisotopic (exact) mass is 530 g/mol. The minimum Gasteiger partial charge on any atom is -0.497 e. The fraction of sp³-hybridized carbons (Fsp3) is 0.476. The number of aliphatic imine (C=N–C) groups is 1. The van der Waals surface area contributed by atoms with Crippen molar-refractivity contribution in [2.45, 2.75) is 25.8 Å². The van der Waals surface area contributed by atoms with Crippen LogP contribution < -0.4 is 25.0 Å². The maximum atomic E-state index is 5.76. The van der Waals surface area contributed by atoms with Crippen molar-refractivity contribution in [3.63, 3.8) is 0 Å². The van der Waals surface area contributed by atoms with Crippen LogP contribution in [0.3, 0.4) is 0 Å². The normalized spacial score (nSPS) is 14.8. The third-order valence-corrected chi connectivity index (χ3v) is 5.62. The highest BCUT2D eigenvalue weighted by molar-refractivity contribution is 14.0. The molecule has 0 amide bonds. The van der Waals surface area contributed by atoms with Gasteiger partial charge in [0.1, 0.15) is 18.1 Å². The van der Waals surface area contributed by atoms with Crippen LogP contribution in [-0.4, -0.2) is 51.9 Å². The lowest BCUT2D eigenvalue weighted by Gasteiger charge is -2.33. The van der Waals surface area contributed by atoms with Gasteiger partial charge in [-0.3, -0.25) is 0 Å². The van der Waals surface area contributed by atoms with Crippen molar-refractivity contribution < 1.29 is 9.47 Å². The molecule has 1 saturated heterocycles. The van der Waals surface area contributed by atoms with Gasteiger partial charge in [0.15, 0.2) is 5.96 Å². The first-order valence-electron chi connectivity index (χ1n) is 9.88. The Morgan fingerprint density at radius 3 is 2.52 bits per heavy atom. The van der Waals surface area contributed by atoms with Gasteiger partial charge in [0.25, 0.3) is 0 Å². The first-order chi connectivity index (χ1) is 13.8. The highest BCUT2D eigenvalue weighted by Gasteiger charge is 2.20. The quantitative estimate of drug-likeness (QED) is 0.234. The van der Waals surface area contributed by atoms with Crippen molar-refractivity contribution >= 4 is 46.3 Å². The first-order valence-corrected chi connectivity index (χ1v) is 10.8. The molecular weight excluding hydrogens is 499 g/mol. The Morgan fingerprint density at radius 2 is 1.90 bits per heavy atom. The van der Waals surface area contributed by atoms with Gasteiger partial charge in [0, 0.05) is 25.7 Å². The van der Waals surface area contributed by atoms with E-state index in [1.54, 1.807) is 7.11 Å². The van der Waals surface area contributed by atoms with Crippen LogP contribution >= 0.6 is 35.3 Å². The van der Waals surface area contributed by atoms with Crippen LogP contribution in [0.1, 0.15) is 19.8 Å². The molecule has 2 N–H and O–H groups in total. The van der Waals surface area contributed by atoms with E-state index < -0.39 is 0 Å². The molecule has 3 rings (SSSR count). The molecule has 0 saturated carbocycles. The lowest BCUT2D eigenvalue weighted by atomic mass is 10.1. The van der Waals surface area contributed by atoms with Crippen molar-refractivity contribution in [2.75, 3.05) is 44.8 Å². The van der Waals surface area contributed by atoms with Gasteiger partial charge in [-0.05, 0) is 61.5 Å². The molecule has 0 unspecified atom stereocenters. The largest absolute Gasteiger partial charge is 0.497 e. The number of nitrogens with zero attached hydrogens (tertiary/aromatic N) is 2. The number of thiophene rings is 1. The summed E-state index contributed by atoms with van der Waals surface area (Å²) < 4.78 is 10.9. The third kappa shape index (κ3) is 7.58. The summed E-state index contributed by atoms with van der Waals surface area (Å²) in [6, 6.07) is 12.4. The lowest BCUT2D eigenvalue weighted by molar-refractivity contribution is 0.327. The molecule has 0 atom stereocenters. The minimum atomic E-state index is 0. The van der Waals surface area contributed by atoms with Gasteiger partial charge in [-0.15, -0.1) is 35.3 Å². The molecule has 0 bridgehead atoms. The second-order valence-electron chi connectivity index (χ2n) is 6.64. The van der Waals surface area contributed by atoms with Crippen LogP contribution in [0.5, 0.6) is 11.5 Å². The standard InChI is InChI=1S/C21H30N4O2S.HI/c1-3-22-21(23-12-15-27-19-8-6-18(26-2)7-9-19)24-17-10-13-25(14-11-17)20-5-4-16-28-20;/h4-9,16-17H,3,10-15H2,1-2H3,(H2,22,23,24);1H. The van der Waals surface area contributed by atoms with Gasteiger partial charge >= 0.3 is 0 Å². The van der Waals surface area contributed by atoms with E-state index in [1.807, 2.05) is 35.6 Å². The van der Waals surface area contributed by atoms with Gasteiger partial charge in [-0.25, -0.2) is 4.99 Å². The number of nitrogens with one attached hydrogen (secondary N) is 2. The molecule has 2 heterocycles. The molecule has 0 radical (unpaired) electrons. The zero-order chi connectivity index (χ0) is 19.6. The summed E-state index contributed by atoms with van der Waals surface area (Å²) in [5.41, 5.74) is 0. The summed E-state index contributed by atoms with van der Waals surface area (Å²) in [6.07, 6.45) is 2.23. The molecule has 1 aliphatic rings. The van der Waals surface area contributed by atoms with Crippen LogP contribution in [0, 0.1) is 0 Å². The van der Waals surface area contributed by atoms with Crippen molar-refractivity contribution in [1.29, 1.82) is 0 Å². The average molecular weight is 530 g/mol. The van der Waals surface area contributed by atoms with Crippen molar-refractivity contribution in [1.82, 2.24) is 10.6 Å². The molecule has 29 heavy (non-hydrogen) atoms. The number of hydrogen-bond donors (Lipinski definition) is 2. The van der Waals surface area contributed by atoms with E-state index in [0.717, 1.165) is 49.9 Å². The number of ether oxygens (including phenoxy) is 2. The van der Waals surface area contributed by atoms with Crippen molar-refractivity contribution in [3.8, 4) is 11.5 Å². The molecule has 8 heteroatoms. The fourth-order valence-corrected chi connectivity index (χ4v) is 3.99. The van der Waals surface area contributed by atoms with E-state index >= 15 is 0 Å². The predicted molar refractivity (Wildman–Crippen MR) is 133 cm³/mol. The summed E-state index contributed by atoms with van der Waals surface area (Å²) in [5.74, 6) is 2.53. The molecule has 2 aromatic rings. The number of guanidine groups is 1. The van der Waals surface area contributed by atoms with E-state index in [-0.39, 0.29) is 24.0 Å². The smallest absolute Gasteiger partial charge is 0.191 e. The van der Waals surface area contributed by atoms with Crippen LogP contribution in [0.2, 0.25) is 0 Å². The maximum Gasteiger partial charge on any atom is 0.191 e. The summed E-state index contributed by atoms with van der Waals surface area (Å²) in [4.78, 5) is 7.13. The number of anilines is 1. The Kier molecular flexibility index (Phi) is 10.4. The van der Waals surface area contributed by atoms with Gasteiger partial charge in [0.2, 0.25) is 0 Å². The van der Waals surface area contributed by atoms with Crippen molar-refractivity contribution in [2.24, 2.45) is 4.99 Å². The number of rotatable bonds is 8. The van der Waals surface area contributed by atoms with Crippen LogP contribution in [0.25, 0.3) is 0 Å². The predicted octanol–water partition coefficient (Wildman–Crippen LogP) is 3.98. The average Bonchev–Trinajstić information content (AvgIpc) is 3.27. The number of benzene rings is 1. The molecule has 6 nitrogen and oxygen atoms in total. The van der Waals surface area contributed by atoms with E-state index in [1.165, 1.54) is 5.00 Å². The van der Waals surface area contributed by atoms with E-state index in [2.05, 4.69) is 45.0 Å². The zero-order valence-electron chi connectivity index (χ0n) is 17.1. The third-order valence-electron chi connectivity index (χ3n) is 4.69. The number of halogens is 1. The highest BCUT2D eigenvalue weighted by Crippen LogP contribution is 2.24. The van der Waals surface area contributed by atoms with Crippen LogP contribution in [-0.2, 0) is 0 Å². The summed E-state index contributed by atoms with van der Waals surface area (Å²) in [5, 5.41) is 10.4. The number of piperidine rings is 1. The molecule has 1 fully saturated rings. The molecule has 0 spiro atoms. The summed E-state index contributed by atoms with van der Waals surface area (Å²) in [7, 11) is 1.66. The summed E-state index contributed by atoms with van der Waals surface area (Å²) >= 11 is 1.82. The maximum absolute atomic E-state index is 5.76. The Hall–Kier alpha value is -1.68. The SMILES string of the molecule is CCNC(=NCCOc1ccc(OC)cc1)NC1CCN(c2cccs2)CC1.I. The molecule has 1 aromatic heterocycles. The fourth-order valence-electron chi connectivity index (χ4n) is 3.20. The molecule has 160 valence electrons. The second-order valence-corrected chi connectivity index (χ2v) is 7.57. The van der Waals surface area contributed by atoms with E-state index in [0.29, 0.717) is 19.2 Å². The van der Waals surface area contributed by atoms with E-state index in [9.17, 15) is 0 Å². The van der Waals surface area contributed by atoms with Gasteiger partial charge in [-0.1, -0.05) is 0 Å². The molecular formula is C21H31IN4O2S. The number of methoxy groups -OCH3 is 1. The van der Waals surface area contributed by atoms with Crippen LogP contribution in [0.4, 0.5) is 5.00 Å². The molecule has 1 aromatic carbocycles. The van der Waals surface area contributed by atoms with Crippen LogP contribution in [0.15, 0.2) is 46.8 Å². The summed E-state index contributed by atoms with van der Waals surface area (Å²) in [6.45, 7) is 6.25. The minimum absolute atomic E-state index is 0. The Balaban J connectivity index is 0.00000300. The van der Waals surface area contributed by atoms with Crippen molar-refractivity contribution in [3.05, 3.63) is 41.8 Å². The zero-order valence-corrected chi connectivity index (χ0v) is 20.2. The highest BCUT2D eigenvalue weighted by atomic mass is 127. The second kappa shape index (κ2) is 12.8. The first kappa shape index (κ1) is 23.6. The Bertz CT molecular complexity index is 717. The van der Waals surface area contributed by atoms with Gasteiger partial charge in [0.05, 0.1) is 18.7 Å². The van der Waals surface area contributed by atoms with Gasteiger partial charge < -0.3 is 25.0 Å². The molecule has 1 aliphatic heterocycles. The Morgan fingerprint density at radius 1 is 1.17 bits per heavy atom. The topological polar surface area (TPSA) is 58.1 Å².